The van der Waals surface area contributed by atoms with Gasteiger partial charge in [-0.2, -0.15) is 13.2 Å². The first-order valence-corrected chi connectivity index (χ1v) is 4.62. The number of hydrogen-bond acceptors (Lipinski definition) is 3. The Labute approximate surface area is 84.9 Å². The van der Waals surface area contributed by atoms with Gasteiger partial charge in [-0.25, -0.2) is 5.48 Å². The first-order valence-electron chi connectivity index (χ1n) is 4.62. The van der Waals surface area contributed by atoms with Gasteiger partial charge in [-0.3, -0.25) is 9.63 Å². The maximum Gasteiger partial charge on any atom is 0.414 e. The van der Waals surface area contributed by atoms with Crippen LogP contribution in [0, 0.1) is 5.92 Å². The van der Waals surface area contributed by atoms with Crippen LogP contribution in [0.3, 0.4) is 0 Å². The molecule has 2 unspecified atom stereocenters. The Kier molecular flexibility index (Phi) is 3.92. The molecule has 1 saturated carbocycles. The van der Waals surface area contributed by atoms with Crippen LogP contribution in [0.1, 0.15) is 19.3 Å². The van der Waals surface area contributed by atoms with E-state index in [-0.39, 0.29) is 12.0 Å². The molecule has 4 nitrogen and oxygen atoms in total. The second-order valence-electron chi connectivity index (χ2n) is 3.64. The SMILES string of the molecule is NC1CCC(C(=O)NOCC(F)(F)F)C1. The Hall–Kier alpha value is -0.820. The summed E-state index contributed by atoms with van der Waals surface area (Å²) >= 11 is 0. The molecule has 0 aromatic heterocycles. The minimum Gasteiger partial charge on any atom is -0.328 e. The molecule has 0 spiro atoms. The van der Waals surface area contributed by atoms with E-state index in [4.69, 9.17) is 5.73 Å². The molecule has 15 heavy (non-hydrogen) atoms. The van der Waals surface area contributed by atoms with E-state index in [0.29, 0.717) is 12.8 Å². The van der Waals surface area contributed by atoms with E-state index in [9.17, 15) is 18.0 Å². The molecule has 1 rings (SSSR count). The van der Waals surface area contributed by atoms with Crippen molar-refractivity contribution in [1.82, 2.24) is 5.48 Å². The zero-order valence-electron chi connectivity index (χ0n) is 8.01. The van der Waals surface area contributed by atoms with Crippen LogP contribution in [0.4, 0.5) is 13.2 Å². The summed E-state index contributed by atoms with van der Waals surface area (Å²) in [4.78, 5) is 15.3. The number of nitrogens with one attached hydrogen (secondary N) is 1. The van der Waals surface area contributed by atoms with Gasteiger partial charge in [0.05, 0.1) is 0 Å². The van der Waals surface area contributed by atoms with Crippen LogP contribution in [0.2, 0.25) is 0 Å². The topological polar surface area (TPSA) is 64.4 Å². The quantitative estimate of drug-likeness (QED) is 0.697. The van der Waals surface area contributed by atoms with Gasteiger partial charge >= 0.3 is 6.18 Å². The van der Waals surface area contributed by atoms with Gasteiger partial charge in [0.1, 0.15) is 0 Å². The second kappa shape index (κ2) is 4.80. The first kappa shape index (κ1) is 12.3. The fourth-order valence-corrected chi connectivity index (χ4v) is 1.53. The highest BCUT2D eigenvalue weighted by Crippen LogP contribution is 2.24. The molecule has 0 heterocycles. The minimum atomic E-state index is -4.43. The van der Waals surface area contributed by atoms with Gasteiger partial charge in [0, 0.05) is 12.0 Å². The largest absolute Gasteiger partial charge is 0.414 e. The molecule has 1 aliphatic carbocycles. The third-order valence-electron chi connectivity index (χ3n) is 2.25. The van der Waals surface area contributed by atoms with E-state index >= 15 is 0 Å². The van der Waals surface area contributed by atoms with Gasteiger partial charge in [0.2, 0.25) is 5.91 Å². The Morgan fingerprint density at radius 2 is 2.13 bits per heavy atom. The summed E-state index contributed by atoms with van der Waals surface area (Å²) in [6.45, 7) is -1.47. The lowest BCUT2D eigenvalue weighted by Gasteiger charge is -2.11. The van der Waals surface area contributed by atoms with Crippen molar-refractivity contribution < 1.29 is 22.8 Å². The third-order valence-corrected chi connectivity index (χ3v) is 2.25. The third kappa shape index (κ3) is 4.48. The molecule has 1 amide bonds. The summed E-state index contributed by atoms with van der Waals surface area (Å²) in [5, 5.41) is 0. The molecule has 88 valence electrons. The van der Waals surface area contributed by atoms with Crippen LogP contribution in [-0.4, -0.2) is 24.7 Å². The van der Waals surface area contributed by atoms with Gasteiger partial charge in [-0.15, -0.1) is 0 Å². The lowest BCUT2D eigenvalue weighted by Crippen LogP contribution is -2.33. The van der Waals surface area contributed by atoms with Crippen LogP contribution >= 0.6 is 0 Å². The lowest BCUT2D eigenvalue weighted by atomic mass is 10.1. The highest BCUT2D eigenvalue weighted by atomic mass is 19.4. The zero-order chi connectivity index (χ0) is 11.5. The standard InChI is InChI=1S/C8H13F3N2O2/c9-8(10,11)4-15-13-7(14)5-1-2-6(12)3-5/h5-6H,1-4,12H2,(H,13,14). The average Bonchev–Trinajstić information content (AvgIpc) is 2.49. The van der Waals surface area contributed by atoms with Gasteiger partial charge < -0.3 is 5.73 Å². The Balaban J connectivity index is 2.19. The van der Waals surface area contributed by atoms with E-state index in [1.807, 2.05) is 0 Å². The maximum absolute atomic E-state index is 11.6. The van der Waals surface area contributed by atoms with Gasteiger partial charge in [0.15, 0.2) is 6.61 Å². The van der Waals surface area contributed by atoms with Crippen molar-refractivity contribution in [2.24, 2.45) is 11.7 Å². The van der Waals surface area contributed by atoms with Crippen molar-refractivity contribution in [2.75, 3.05) is 6.61 Å². The summed E-state index contributed by atoms with van der Waals surface area (Å²) in [5.74, 6) is -0.847. The molecule has 0 aromatic rings. The van der Waals surface area contributed by atoms with E-state index < -0.39 is 18.7 Å². The average molecular weight is 226 g/mol. The van der Waals surface area contributed by atoms with Crippen molar-refractivity contribution in [3.63, 3.8) is 0 Å². The van der Waals surface area contributed by atoms with E-state index in [2.05, 4.69) is 4.84 Å². The number of nitrogens with two attached hydrogens (primary N) is 1. The van der Waals surface area contributed by atoms with Crippen LogP contribution in [-0.2, 0) is 9.63 Å². The predicted molar refractivity (Wildman–Crippen MR) is 45.5 cm³/mol. The molecule has 0 aliphatic heterocycles. The molecule has 0 radical (unpaired) electrons. The van der Waals surface area contributed by atoms with Crippen LogP contribution in [0.25, 0.3) is 0 Å². The fourth-order valence-electron chi connectivity index (χ4n) is 1.53. The number of rotatable bonds is 3. The van der Waals surface area contributed by atoms with Crippen LogP contribution in [0.5, 0.6) is 0 Å². The number of hydroxylamine groups is 1. The molecule has 1 fully saturated rings. The molecule has 1 aliphatic rings. The second-order valence-corrected chi connectivity index (χ2v) is 3.64. The highest BCUT2D eigenvalue weighted by molar-refractivity contribution is 5.77. The summed E-state index contributed by atoms with van der Waals surface area (Å²) in [6, 6.07) is -0.0385. The predicted octanol–water partition coefficient (Wildman–Crippen LogP) is 0.724. The number of halogens is 3. The molecular formula is C8H13F3N2O2. The summed E-state index contributed by atoms with van der Waals surface area (Å²) < 4.78 is 34.9. The van der Waals surface area contributed by atoms with Gasteiger partial charge in [0.25, 0.3) is 0 Å². The van der Waals surface area contributed by atoms with Crippen LogP contribution < -0.4 is 11.2 Å². The Morgan fingerprint density at radius 1 is 1.47 bits per heavy atom. The normalized spacial score (nSPS) is 26.7. The molecule has 0 saturated heterocycles. The fraction of sp³-hybridized carbons (Fsp3) is 0.875. The summed E-state index contributed by atoms with van der Waals surface area (Å²) in [7, 11) is 0. The van der Waals surface area contributed by atoms with Crippen molar-refractivity contribution >= 4 is 5.91 Å². The van der Waals surface area contributed by atoms with Gasteiger partial charge in [-0.05, 0) is 19.3 Å². The van der Waals surface area contributed by atoms with Crippen molar-refractivity contribution in [3.8, 4) is 0 Å². The smallest absolute Gasteiger partial charge is 0.328 e. The molecule has 0 aromatic carbocycles. The molecule has 2 atom stereocenters. The van der Waals surface area contributed by atoms with Crippen molar-refractivity contribution in [2.45, 2.75) is 31.5 Å². The summed E-state index contributed by atoms with van der Waals surface area (Å²) in [6.07, 6.45) is -2.61. The van der Waals surface area contributed by atoms with E-state index in [1.54, 1.807) is 5.48 Å². The molecular weight excluding hydrogens is 213 g/mol. The number of carbonyl (C=O) groups excluding carboxylic acids is 1. The van der Waals surface area contributed by atoms with Gasteiger partial charge in [-0.1, -0.05) is 0 Å². The molecule has 7 heteroatoms. The molecule has 3 N–H and O–H groups in total. The number of hydrogen-bond donors (Lipinski definition) is 2. The van der Waals surface area contributed by atoms with Crippen molar-refractivity contribution in [1.29, 1.82) is 0 Å². The number of amides is 1. The summed E-state index contributed by atoms with van der Waals surface area (Å²) in [5.41, 5.74) is 7.35. The van der Waals surface area contributed by atoms with E-state index in [0.717, 1.165) is 6.42 Å². The molecule has 0 bridgehead atoms. The maximum atomic E-state index is 11.6. The Morgan fingerprint density at radius 3 is 2.60 bits per heavy atom. The Bertz CT molecular complexity index is 232. The lowest BCUT2D eigenvalue weighted by molar-refractivity contribution is -0.192. The number of carbonyl (C=O) groups is 1. The number of alkyl halides is 3. The van der Waals surface area contributed by atoms with Crippen molar-refractivity contribution in [3.05, 3.63) is 0 Å². The zero-order valence-corrected chi connectivity index (χ0v) is 8.01. The van der Waals surface area contributed by atoms with Crippen LogP contribution in [0.15, 0.2) is 0 Å². The monoisotopic (exact) mass is 226 g/mol. The highest BCUT2D eigenvalue weighted by Gasteiger charge is 2.31. The van der Waals surface area contributed by atoms with E-state index in [1.165, 1.54) is 0 Å². The minimum absolute atomic E-state index is 0.0385. The first-order chi connectivity index (χ1) is 6.88.